The molecule has 0 heterocycles. The lowest BCUT2D eigenvalue weighted by Gasteiger charge is -2.14. The number of para-hydroxylation sites is 1. The van der Waals surface area contributed by atoms with Gasteiger partial charge in [-0.25, -0.2) is 0 Å². The van der Waals surface area contributed by atoms with Gasteiger partial charge in [-0.3, -0.25) is 0 Å². The van der Waals surface area contributed by atoms with Crippen LogP contribution in [0.3, 0.4) is 0 Å². The molecule has 0 aromatic heterocycles. The Balaban J connectivity index is 2.03. The third-order valence-electron chi connectivity index (χ3n) is 3.18. The molecule has 0 radical (unpaired) electrons. The SMILES string of the molecule is CCOc1ccccc1CNc1cccc(CN(C)C)c1. The highest BCUT2D eigenvalue weighted by molar-refractivity contribution is 5.47. The first-order chi connectivity index (χ1) is 10.2. The van der Waals surface area contributed by atoms with Crippen molar-refractivity contribution in [2.45, 2.75) is 20.0 Å². The minimum absolute atomic E-state index is 0.690. The Kier molecular flexibility index (Phi) is 5.64. The molecule has 0 fully saturated rings. The highest BCUT2D eigenvalue weighted by atomic mass is 16.5. The summed E-state index contributed by atoms with van der Waals surface area (Å²) in [6.45, 7) is 4.41. The predicted octanol–water partition coefficient (Wildman–Crippen LogP) is 3.76. The van der Waals surface area contributed by atoms with Gasteiger partial charge in [0.15, 0.2) is 0 Å². The molecule has 0 atom stereocenters. The highest BCUT2D eigenvalue weighted by Gasteiger charge is 2.03. The van der Waals surface area contributed by atoms with E-state index in [4.69, 9.17) is 4.74 Å². The van der Waals surface area contributed by atoms with Gasteiger partial charge in [0.05, 0.1) is 6.61 Å². The van der Waals surface area contributed by atoms with Gasteiger partial charge >= 0.3 is 0 Å². The summed E-state index contributed by atoms with van der Waals surface area (Å²) < 4.78 is 5.66. The smallest absolute Gasteiger partial charge is 0.124 e. The van der Waals surface area contributed by atoms with E-state index in [1.54, 1.807) is 0 Å². The molecule has 0 aliphatic carbocycles. The molecule has 0 saturated heterocycles. The Morgan fingerprint density at radius 1 is 1.05 bits per heavy atom. The first-order valence-corrected chi connectivity index (χ1v) is 7.37. The number of benzene rings is 2. The molecule has 2 aromatic rings. The van der Waals surface area contributed by atoms with Crippen LogP contribution in [0.2, 0.25) is 0 Å². The fraction of sp³-hybridized carbons (Fsp3) is 0.333. The van der Waals surface area contributed by atoms with Crippen molar-refractivity contribution in [3.05, 3.63) is 59.7 Å². The average molecular weight is 284 g/mol. The first kappa shape index (κ1) is 15.4. The van der Waals surface area contributed by atoms with Crippen molar-refractivity contribution >= 4 is 5.69 Å². The molecular formula is C18H24N2O. The lowest BCUT2D eigenvalue weighted by atomic mass is 10.1. The van der Waals surface area contributed by atoms with E-state index in [0.29, 0.717) is 6.61 Å². The van der Waals surface area contributed by atoms with Crippen LogP contribution in [0.5, 0.6) is 5.75 Å². The molecule has 3 heteroatoms. The summed E-state index contributed by atoms with van der Waals surface area (Å²) in [5, 5.41) is 3.47. The highest BCUT2D eigenvalue weighted by Crippen LogP contribution is 2.20. The van der Waals surface area contributed by atoms with Crippen LogP contribution in [0.4, 0.5) is 5.69 Å². The molecular weight excluding hydrogens is 260 g/mol. The van der Waals surface area contributed by atoms with E-state index >= 15 is 0 Å². The van der Waals surface area contributed by atoms with Gasteiger partial charge in [0.25, 0.3) is 0 Å². The summed E-state index contributed by atoms with van der Waals surface area (Å²) in [6, 6.07) is 16.7. The Morgan fingerprint density at radius 3 is 2.62 bits per heavy atom. The van der Waals surface area contributed by atoms with Crippen LogP contribution in [-0.2, 0) is 13.1 Å². The average Bonchev–Trinajstić information content (AvgIpc) is 2.46. The molecule has 1 N–H and O–H groups in total. The number of nitrogens with zero attached hydrogens (tertiary/aromatic N) is 1. The van der Waals surface area contributed by atoms with E-state index in [-0.39, 0.29) is 0 Å². The van der Waals surface area contributed by atoms with E-state index in [9.17, 15) is 0 Å². The number of hydrogen-bond donors (Lipinski definition) is 1. The zero-order valence-corrected chi connectivity index (χ0v) is 13.1. The van der Waals surface area contributed by atoms with Gasteiger partial charge in [0.1, 0.15) is 5.75 Å². The Bertz CT molecular complexity index is 567. The van der Waals surface area contributed by atoms with E-state index in [1.807, 2.05) is 25.1 Å². The largest absolute Gasteiger partial charge is 0.494 e. The van der Waals surface area contributed by atoms with Gasteiger partial charge in [-0.05, 0) is 44.8 Å². The first-order valence-electron chi connectivity index (χ1n) is 7.37. The molecule has 3 nitrogen and oxygen atoms in total. The van der Waals surface area contributed by atoms with Crippen LogP contribution >= 0.6 is 0 Å². The predicted molar refractivity (Wildman–Crippen MR) is 88.8 cm³/mol. The van der Waals surface area contributed by atoms with Crippen molar-refractivity contribution in [3.63, 3.8) is 0 Å². The van der Waals surface area contributed by atoms with Crippen LogP contribution in [-0.4, -0.2) is 25.6 Å². The molecule has 112 valence electrons. The minimum atomic E-state index is 0.690. The second kappa shape index (κ2) is 7.70. The monoisotopic (exact) mass is 284 g/mol. The van der Waals surface area contributed by atoms with Gasteiger partial charge in [0.2, 0.25) is 0 Å². The van der Waals surface area contributed by atoms with Crippen LogP contribution in [0.25, 0.3) is 0 Å². The fourth-order valence-electron chi connectivity index (χ4n) is 2.29. The third kappa shape index (κ3) is 4.80. The molecule has 0 bridgehead atoms. The van der Waals surface area contributed by atoms with Crippen LogP contribution in [0.15, 0.2) is 48.5 Å². The van der Waals surface area contributed by atoms with Crippen molar-refractivity contribution in [3.8, 4) is 5.75 Å². The topological polar surface area (TPSA) is 24.5 Å². The summed E-state index contributed by atoms with van der Waals surface area (Å²) in [6.07, 6.45) is 0. The van der Waals surface area contributed by atoms with Gasteiger partial charge < -0.3 is 15.0 Å². The number of anilines is 1. The van der Waals surface area contributed by atoms with Crippen LogP contribution in [0.1, 0.15) is 18.1 Å². The minimum Gasteiger partial charge on any atom is -0.494 e. The Morgan fingerprint density at radius 2 is 1.86 bits per heavy atom. The lowest BCUT2D eigenvalue weighted by molar-refractivity contribution is 0.337. The quantitative estimate of drug-likeness (QED) is 0.838. The zero-order valence-electron chi connectivity index (χ0n) is 13.1. The molecule has 0 spiro atoms. The van der Waals surface area contributed by atoms with Crippen molar-refractivity contribution < 1.29 is 4.74 Å². The van der Waals surface area contributed by atoms with Crippen LogP contribution in [0, 0.1) is 0 Å². The summed E-state index contributed by atoms with van der Waals surface area (Å²) in [7, 11) is 4.16. The van der Waals surface area contributed by atoms with Crippen LogP contribution < -0.4 is 10.1 Å². The maximum Gasteiger partial charge on any atom is 0.124 e. The number of ether oxygens (including phenoxy) is 1. The molecule has 21 heavy (non-hydrogen) atoms. The summed E-state index contributed by atoms with van der Waals surface area (Å²) >= 11 is 0. The fourth-order valence-corrected chi connectivity index (χ4v) is 2.29. The maximum atomic E-state index is 5.66. The van der Waals surface area contributed by atoms with Gasteiger partial charge in [0, 0.05) is 24.3 Å². The zero-order chi connectivity index (χ0) is 15.1. The number of hydrogen-bond acceptors (Lipinski definition) is 3. The summed E-state index contributed by atoms with van der Waals surface area (Å²) in [4.78, 5) is 2.17. The number of rotatable bonds is 7. The van der Waals surface area contributed by atoms with Crippen molar-refractivity contribution in [2.24, 2.45) is 0 Å². The summed E-state index contributed by atoms with van der Waals surface area (Å²) in [5.41, 5.74) is 3.63. The van der Waals surface area contributed by atoms with E-state index in [1.165, 1.54) is 11.1 Å². The van der Waals surface area contributed by atoms with E-state index in [0.717, 1.165) is 24.5 Å². The van der Waals surface area contributed by atoms with Gasteiger partial charge in [-0.15, -0.1) is 0 Å². The van der Waals surface area contributed by atoms with Gasteiger partial charge in [-0.2, -0.15) is 0 Å². The molecule has 2 rings (SSSR count). The maximum absolute atomic E-state index is 5.66. The van der Waals surface area contributed by atoms with Crippen molar-refractivity contribution in [1.29, 1.82) is 0 Å². The molecule has 0 saturated carbocycles. The normalized spacial score (nSPS) is 10.7. The second-order valence-corrected chi connectivity index (χ2v) is 5.33. The third-order valence-corrected chi connectivity index (χ3v) is 3.18. The standard InChI is InChI=1S/C18H24N2O/c1-4-21-18-11-6-5-9-16(18)13-19-17-10-7-8-15(12-17)14-20(2)3/h5-12,19H,4,13-14H2,1-3H3. The van der Waals surface area contributed by atoms with Gasteiger partial charge in [-0.1, -0.05) is 30.3 Å². The lowest BCUT2D eigenvalue weighted by Crippen LogP contribution is -2.11. The molecule has 0 unspecified atom stereocenters. The molecule has 0 aliphatic rings. The second-order valence-electron chi connectivity index (χ2n) is 5.33. The molecule has 0 amide bonds. The summed E-state index contributed by atoms with van der Waals surface area (Å²) in [5.74, 6) is 0.956. The van der Waals surface area contributed by atoms with Crippen molar-refractivity contribution in [1.82, 2.24) is 4.90 Å². The Hall–Kier alpha value is -2.00. The number of nitrogens with one attached hydrogen (secondary N) is 1. The molecule has 2 aromatic carbocycles. The molecule has 0 aliphatic heterocycles. The van der Waals surface area contributed by atoms with E-state index < -0.39 is 0 Å². The van der Waals surface area contributed by atoms with Crippen molar-refractivity contribution in [2.75, 3.05) is 26.0 Å². The van der Waals surface area contributed by atoms with E-state index in [2.05, 4.69) is 54.6 Å². The Labute approximate surface area is 127 Å².